The first-order valence-electron chi connectivity index (χ1n) is 9.10. The van der Waals surface area contributed by atoms with Crippen LogP contribution in [-0.4, -0.2) is 55.3 Å². The Balaban J connectivity index is 2.41. The Labute approximate surface area is 188 Å². The van der Waals surface area contributed by atoms with Gasteiger partial charge in [-0.1, -0.05) is 15.9 Å². The third kappa shape index (κ3) is 6.79. The van der Waals surface area contributed by atoms with Gasteiger partial charge in [-0.25, -0.2) is 4.39 Å². The molecule has 0 radical (unpaired) electrons. The van der Waals surface area contributed by atoms with E-state index in [0.717, 1.165) is 32.9 Å². The number of benzene rings is 1. The summed E-state index contributed by atoms with van der Waals surface area (Å²) in [5.74, 6) is -3.36. The van der Waals surface area contributed by atoms with E-state index in [2.05, 4.69) is 15.9 Å². The van der Waals surface area contributed by atoms with Gasteiger partial charge < -0.3 is 23.7 Å². The van der Waals surface area contributed by atoms with E-state index in [4.69, 9.17) is 23.7 Å². The molecule has 13 heteroatoms. The van der Waals surface area contributed by atoms with Crippen molar-refractivity contribution in [3.8, 4) is 5.75 Å². The summed E-state index contributed by atoms with van der Waals surface area (Å²) in [5.41, 5.74) is -1.22. The number of hydrogen-bond donors (Lipinski definition) is 0. The minimum absolute atomic E-state index is 0.0963. The molecular weight excluding hydrogens is 512 g/mol. The minimum atomic E-state index is -4.84. The molecule has 0 aromatic heterocycles. The van der Waals surface area contributed by atoms with Crippen LogP contribution in [0.1, 0.15) is 26.3 Å². The van der Waals surface area contributed by atoms with Crippen molar-refractivity contribution >= 4 is 33.8 Å². The Bertz CT molecular complexity index is 862. The van der Waals surface area contributed by atoms with Crippen LogP contribution in [0.25, 0.3) is 0 Å². The first-order chi connectivity index (χ1) is 14.8. The Kier molecular flexibility index (Phi) is 8.46. The second-order valence-electron chi connectivity index (χ2n) is 6.69. The highest BCUT2D eigenvalue weighted by Crippen LogP contribution is 2.40. The molecule has 0 amide bonds. The van der Waals surface area contributed by atoms with Crippen LogP contribution in [-0.2, 0) is 39.5 Å². The lowest BCUT2D eigenvalue weighted by Crippen LogP contribution is -2.61. The standard InChI is InChI=1S/C19H19BrF4O8/c1-8(25)28-7-14-16(29-9(2)26)17(30-10(3)27)15(21)18(32-14)31-13-5-4-11(20)6-12(13)19(22,23)24/h4-6,14-18H,7H2,1-3H3. The summed E-state index contributed by atoms with van der Waals surface area (Å²) in [4.78, 5) is 34.2. The van der Waals surface area contributed by atoms with E-state index >= 15 is 4.39 Å². The molecule has 1 saturated heterocycles. The van der Waals surface area contributed by atoms with Gasteiger partial charge in [0, 0.05) is 25.2 Å². The van der Waals surface area contributed by atoms with Crippen LogP contribution in [0, 0.1) is 0 Å². The predicted octanol–water partition coefficient (Wildman–Crippen LogP) is 3.34. The first kappa shape index (κ1) is 25.8. The zero-order chi connectivity index (χ0) is 24.2. The SMILES string of the molecule is CC(=O)OCC1OC(Oc2ccc(Br)cc2C(F)(F)F)C(F)C(OC(C)=O)C1OC(C)=O. The maximum Gasteiger partial charge on any atom is 0.420 e. The number of esters is 3. The molecule has 1 aromatic carbocycles. The smallest absolute Gasteiger partial charge is 0.420 e. The number of rotatable bonds is 6. The molecule has 0 aliphatic carbocycles. The number of carbonyl (C=O) groups excluding carboxylic acids is 3. The minimum Gasteiger partial charge on any atom is -0.463 e. The van der Waals surface area contributed by atoms with Gasteiger partial charge in [0.1, 0.15) is 18.5 Å². The van der Waals surface area contributed by atoms with E-state index in [9.17, 15) is 27.6 Å². The molecule has 5 atom stereocenters. The van der Waals surface area contributed by atoms with Gasteiger partial charge in [-0.05, 0) is 18.2 Å². The zero-order valence-corrected chi connectivity index (χ0v) is 18.6. The van der Waals surface area contributed by atoms with Crippen LogP contribution in [0.15, 0.2) is 22.7 Å². The van der Waals surface area contributed by atoms with Gasteiger partial charge in [0.25, 0.3) is 0 Å². The maximum atomic E-state index is 15.2. The van der Waals surface area contributed by atoms with Gasteiger partial charge in [-0.15, -0.1) is 0 Å². The maximum absolute atomic E-state index is 15.2. The number of ether oxygens (including phenoxy) is 5. The molecule has 1 fully saturated rings. The van der Waals surface area contributed by atoms with Crippen LogP contribution in [0.4, 0.5) is 17.6 Å². The highest BCUT2D eigenvalue weighted by atomic mass is 79.9. The normalized spacial score (nSPS) is 25.6. The molecule has 1 aliphatic rings. The van der Waals surface area contributed by atoms with Crippen LogP contribution in [0.5, 0.6) is 5.75 Å². The van der Waals surface area contributed by atoms with Gasteiger partial charge in [0.2, 0.25) is 12.5 Å². The van der Waals surface area contributed by atoms with Gasteiger partial charge >= 0.3 is 24.1 Å². The van der Waals surface area contributed by atoms with Crippen LogP contribution in [0.2, 0.25) is 0 Å². The quantitative estimate of drug-likeness (QED) is 0.314. The van der Waals surface area contributed by atoms with E-state index in [1.54, 1.807) is 0 Å². The van der Waals surface area contributed by atoms with Crippen molar-refractivity contribution in [3.05, 3.63) is 28.2 Å². The van der Waals surface area contributed by atoms with Crippen molar-refractivity contribution in [2.75, 3.05) is 6.61 Å². The molecule has 0 N–H and O–H groups in total. The fraction of sp³-hybridized carbons (Fsp3) is 0.526. The largest absolute Gasteiger partial charge is 0.463 e. The molecule has 0 saturated carbocycles. The van der Waals surface area contributed by atoms with Crippen molar-refractivity contribution in [3.63, 3.8) is 0 Å². The average molecular weight is 531 g/mol. The number of halogens is 5. The Morgan fingerprint density at radius 2 is 1.62 bits per heavy atom. The zero-order valence-electron chi connectivity index (χ0n) is 17.0. The lowest BCUT2D eigenvalue weighted by Gasteiger charge is -2.41. The summed E-state index contributed by atoms with van der Waals surface area (Å²) >= 11 is 2.92. The summed E-state index contributed by atoms with van der Waals surface area (Å²) < 4.78 is 80.8. The molecule has 1 heterocycles. The molecule has 0 spiro atoms. The van der Waals surface area contributed by atoms with Gasteiger partial charge in [-0.2, -0.15) is 13.2 Å². The summed E-state index contributed by atoms with van der Waals surface area (Å²) in [5, 5.41) is 0. The summed E-state index contributed by atoms with van der Waals surface area (Å²) in [7, 11) is 0. The molecule has 1 aliphatic heterocycles. The number of hydrogen-bond acceptors (Lipinski definition) is 8. The fourth-order valence-corrected chi connectivity index (χ4v) is 3.27. The number of alkyl halides is 4. The van der Waals surface area contributed by atoms with Gasteiger partial charge in [0.05, 0.1) is 5.56 Å². The third-order valence-corrected chi connectivity index (χ3v) is 4.61. The monoisotopic (exact) mass is 530 g/mol. The summed E-state index contributed by atoms with van der Waals surface area (Å²) in [6.45, 7) is 2.45. The summed E-state index contributed by atoms with van der Waals surface area (Å²) in [6.07, 6.45) is -14.0. The second kappa shape index (κ2) is 10.5. The van der Waals surface area contributed by atoms with Gasteiger partial charge in [0.15, 0.2) is 12.2 Å². The van der Waals surface area contributed by atoms with Crippen molar-refractivity contribution < 1.29 is 55.6 Å². The molecule has 8 nitrogen and oxygen atoms in total. The Morgan fingerprint density at radius 3 is 2.16 bits per heavy atom. The van der Waals surface area contributed by atoms with Gasteiger partial charge in [-0.3, -0.25) is 14.4 Å². The van der Waals surface area contributed by atoms with E-state index in [-0.39, 0.29) is 4.47 Å². The molecular formula is C19H19BrF4O8. The van der Waals surface area contributed by atoms with Crippen LogP contribution >= 0.6 is 15.9 Å². The van der Waals surface area contributed by atoms with Crippen molar-refractivity contribution in [2.45, 2.75) is 57.7 Å². The molecule has 178 valence electrons. The first-order valence-corrected chi connectivity index (χ1v) is 9.89. The fourth-order valence-electron chi connectivity index (χ4n) is 2.91. The van der Waals surface area contributed by atoms with E-state index in [1.807, 2.05) is 0 Å². The third-order valence-electron chi connectivity index (χ3n) is 4.12. The van der Waals surface area contributed by atoms with Crippen molar-refractivity contribution in [1.29, 1.82) is 0 Å². The molecule has 0 bridgehead atoms. The topological polar surface area (TPSA) is 97.4 Å². The van der Waals surface area contributed by atoms with Crippen molar-refractivity contribution in [2.24, 2.45) is 0 Å². The van der Waals surface area contributed by atoms with Crippen LogP contribution in [0.3, 0.4) is 0 Å². The van der Waals surface area contributed by atoms with E-state index in [1.165, 1.54) is 6.07 Å². The van der Waals surface area contributed by atoms with E-state index < -0.39 is 72.8 Å². The molecule has 5 unspecified atom stereocenters. The second-order valence-corrected chi connectivity index (χ2v) is 7.61. The lowest BCUT2D eigenvalue weighted by molar-refractivity contribution is -0.272. The lowest BCUT2D eigenvalue weighted by atomic mass is 9.99. The highest BCUT2D eigenvalue weighted by molar-refractivity contribution is 9.10. The predicted molar refractivity (Wildman–Crippen MR) is 101 cm³/mol. The van der Waals surface area contributed by atoms with Crippen LogP contribution < -0.4 is 4.74 Å². The molecule has 32 heavy (non-hydrogen) atoms. The average Bonchev–Trinajstić information content (AvgIpc) is 2.65. The highest BCUT2D eigenvalue weighted by Gasteiger charge is 2.52. The Morgan fingerprint density at radius 1 is 1.03 bits per heavy atom. The van der Waals surface area contributed by atoms with Crippen molar-refractivity contribution in [1.82, 2.24) is 0 Å². The number of carbonyl (C=O) groups is 3. The Hall–Kier alpha value is -2.41. The molecule has 2 rings (SSSR count). The molecule has 1 aromatic rings. The van der Waals surface area contributed by atoms with E-state index in [0.29, 0.717) is 0 Å². The summed E-state index contributed by atoms with van der Waals surface area (Å²) in [6, 6.07) is 2.91.